The van der Waals surface area contributed by atoms with Gasteiger partial charge >= 0.3 is 12.0 Å². The number of anilines is 1. The molecule has 6 nitrogen and oxygen atoms in total. The highest BCUT2D eigenvalue weighted by atomic mass is 16.5. The Morgan fingerprint density at radius 2 is 1.85 bits per heavy atom. The normalized spacial score (nSPS) is 14.7. The molecule has 0 unspecified atom stereocenters. The molecular formula is C21H25N3O3. The van der Waals surface area contributed by atoms with Gasteiger partial charge in [0.1, 0.15) is 0 Å². The van der Waals surface area contributed by atoms with Crippen molar-refractivity contribution in [3.8, 4) is 0 Å². The van der Waals surface area contributed by atoms with Crippen LogP contribution in [0.2, 0.25) is 0 Å². The number of ether oxygens (including phenoxy) is 1. The van der Waals surface area contributed by atoms with E-state index in [2.05, 4.69) is 10.3 Å². The number of aromatic nitrogens is 1. The number of likely N-dealkylation sites (tertiary alicyclic amines) is 1. The number of esters is 1. The molecule has 0 spiro atoms. The zero-order valence-corrected chi connectivity index (χ0v) is 15.8. The molecule has 1 aromatic carbocycles. The molecule has 27 heavy (non-hydrogen) atoms. The fourth-order valence-electron chi connectivity index (χ4n) is 3.20. The number of nitrogens with zero attached hydrogens (tertiary/aromatic N) is 2. The number of amides is 2. The molecule has 0 radical (unpaired) electrons. The number of urea groups is 1. The van der Waals surface area contributed by atoms with Gasteiger partial charge in [0.05, 0.1) is 12.2 Å². The molecule has 0 aliphatic carbocycles. The monoisotopic (exact) mass is 367 g/mol. The predicted molar refractivity (Wildman–Crippen MR) is 104 cm³/mol. The second kappa shape index (κ2) is 8.66. The zero-order valence-electron chi connectivity index (χ0n) is 15.8. The van der Waals surface area contributed by atoms with Crippen LogP contribution in [-0.2, 0) is 4.74 Å². The average Bonchev–Trinajstić information content (AvgIpc) is 2.70. The Balaban J connectivity index is 1.53. The first kappa shape index (κ1) is 18.9. The molecule has 1 N–H and O–H groups in total. The van der Waals surface area contributed by atoms with Crippen LogP contribution in [0.15, 0.2) is 42.6 Å². The number of carbonyl (C=O) groups excluding carboxylic acids is 2. The van der Waals surface area contributed by atoms with Crippen molar-refractivity contribution < 1.29 is 14.3 Å². The summed E-state index contributed by atoms with van der Waals surface area (Å²) < 4.78 is 4.98. The van der Waals surface area contributed by atoms with E-state index in [9.17, 15) is 9.59 Å². The van der Waals surface area contributed by atoms with Gasteiger partial charge in [-0.15, -0.1) is 0 Å². The number of carbonyl (C=O) groups is 2. The smallest absolute Gasteiger partial charge is 0.339 e. The molecule has 0 bridgehead atoms. The van der Waals surface area contributed by atoms with Crippen molar-refractivity contribution in [3.05, 3.63) is 59.4 Å². The lowest BCUT2D eigenvalue weighted by Crippen LogP contribution is -2.40. The minimum atomic E-state index is -0.348. The molecule has 2 aromatic rings. The Labute approximate surface area is 159 Å². The summed E-state index contributed by atoms with van der Waals surface area (Å²) >= 11 is 0. The molecule has 2 heterocycles. The van der Waals surface area contributed by atoms with Gasteiger partial charge in [-0.05, 0) is 51.0 Å². The molecular weight excluding hydrogens is 342 g/mol. The van der Waals surface area contributed by atoms with E-state index >= 15 is 0 Å². The molecule has 1 aliphatic rings. The molecule has 142 valence electrons. The fourth-order valence-corrected chi connectivity index (χ4v) is 3.20. The van der Waals surface area contributed by atoms with Gasteiger partial charge in [-0.1, -0.05) is 17.7 Å². The van der Waals surface area contributed by atoms with Crippen LogP contribution < -0.4 is 5.32 Å². The number of piperidine rings is 1. The summed E-state index contributed by atoms with van der Waals surface area (Å²) in [5.41, 5.74) is 3.40. The van der Waals surface area contributed by atoms with E-state index in [1.807, 2.05) is 42.2 Å². The largest absolute Gasteiger partial charge is 0.462 e. The first-order chi connectivity index (χ1) is 13.1. The Hall–Kier alpha value is -2.89. The van der Waals surface area contributed by atoms with E-state index in [-0.39, 0.29) is 12.0 Å². The van der Waals surface area contributed by atoms with Gasteiger partial charge < -0.3 is 15.0 Å². The quantitative estimate of drug-likeness (QED) is 0.830. The second-order valence-corrected chi connectivity index (χ2v) is 6.75. The Kier molecular flexibility index (Phi) is 6.06. The van der Waals surface area contributed by atoms with Gasteiger partial charge in [0.2, 0.25) is 0 Å². The third-order valence-electron chi connectivity index (χ3n) is 4.80. The number of hydrogen-bond donors (Lipinski definition) is 1. The molecule has 0 atom stereocenters. The molecule has 3 rings (SSSR count). The molecule has 1 fully saturated rings. The van der Waals surface area contributed by atoms with Crippen LogP contribution in [0.3, 0.4) is 0 Å². The van der Waals surface area contributed by atoms with Gasteiger partial charge in [0.25, 0.3) is 0 Å². The first-order valence-corrected chi connectivity index (χ1v) is 9.32. The number of aryl methyl sites for hydroxylation is 1. The van der Waals surface area contributed by atoms with Crippen molar-refractivity contribution >= 4 is 17.7 Å². The van der Waals surface area contributed by atoms with Crippen molar-refractivity contribution in [1.82, 2.24) is 9.88 Å². The maximum atomic E-state index is 12.4. The summed E-state index contributed by atoms with van der Waals surface area (Å²) in [6.45, 7) is 5.52. The second-order valence-electron chi connectivity index (χ2n) is 6.75. The summed E-state index contributed by atoms with van der Waals surface area (Å²) in [5.74, 6) is -0.0520. The van der Waals surface area contributed by atoms with Gasteiger partial charge in [0.15, 0.2) is 0 Å². The van der Waals surface area contributed by atoms with Crippen LogP contribution in [0, 0.1) is 6.92 Å². The fraction of sp³-hybridized carbons (Fsp3) is 0.381. The summed E-state index contributed by atoms with van der Waals surface area (Å²) in [4.78, 5) is 30.4. The highest BCUT2D eigenvalue weighted by molar-refractivity contribution is 5.89. The first-order valence-electron chi connectivity index (χ1n) is 9.32. The van der Waals surface area contributed by atoms with E-state index in [1.165, 1.54) is 0 Å². The standard InChI is InChI=1S/C21H25N3O3/c1-3-27-20(25)17-6-9-19(22-14-17)16-10-12-24(13-11-16)21(26)23-18-7-4-15(2)5-8-18/h4-9,14,16H,3,10-13H2,1-2H3,(H,23,26). The maximum absolute atomic E-state index is 12.4. The topological polar surface area (TPSA) is 71.5 Å². The van der Waals surface area contributed by atoms with E-state index in [0.29, 0.717) is 31.2 Å². The minimum absolute atomic E-state index is 0.0667. The number of nitrogens with one attached hydrogen (secondary N) is 1. The lowest BCUT2D eigenvalue weighted by Gasteiger charge is -2.31. The number of rotatable bonds is 4. The lowest BCUT2D eigenvalue weighted by molar-refractivity contribution is 0.0525. The summed E-state index contributed by atoms with van der Waals surface area (Å²) in [6, 6.07) is 11.4. The average molecular weight is 367 g/mol. The van der Waals surface area contributed by atoms with Crippen LogP contribution in [0.1, 0.15) is 47.3 Å². The van der Waals surface area contributed by atoms with Gasteiger partial charge in [-0.2, -0.15) is 0 Å². The molecule has 1 saturated heterocycles. The van der Waals surface area contributed by atoms with Crippen molar-refractivity contribution in [3.63, 3.8) is 0 Å². The Morgan fingerprint density at radius 1 is 1.15 bits per heavy atom. The van der Waals surface area contributed by atoms with Crippen LogP contribution >= 0.6 is 0 Å². The van der Waals surface area contributed by atoms with Crippen LogP contribution in [0.4, 0.5) is 10.5 Å². The Bertz CT molecular complexity index is 779. The van der Waals surface area contributed by atoms with Crippen LogP contribution in [0.5, 0.6) is 0 Å². The van der Waals surface area contributed by atoms with Crippen LogP contribution in [0.25, 0.3) is 0 Å². The molecule has 2 amide bonds. The Morgan fingerprint density at radius 3 is 2.44 bits per heavy atom. The summed E-state index contributed by atoms with van der Waals surface area (Å²) in [7, 11) is 0. The van der Waals surface area contributed by atoms with Gasteiger partial charge in [-0.25, -0.2) is 9.59 Å². The lowest BCUT2D eigenvalue weighted by atomic mass is 9.93. The summed E-state index contributed by atoms with van der Waals surface area (Å²) in [6.07, 6.45) is 3.28. The third kappa shape index (κ3) is 4.84. The predicted octanol–water partition coefficient (Wildman–Crippen LogP) is 3.98. The number of pyridine rings is 1. The summed E-state index contributed by atoms with van der Waals surface area (Å²) in [5, 5.41) is 2.95. The van der Waals surface area contributed by atoms with Crippen molar-refractivity contribution in [2.24, 2.45) is 0 Å². The van der Waals surface area contributed by atoms with Crippen molar-refractivity contribution in [2.45, 2.75) is 32.6 Å². The molecule has 6 heteroatoms. The van der Waals surface area contributed by atoms with E-state index in [1.54, 1.807) is 19.2 Å². The highest BCUT2D eigenvalue weighted by Gasteiger charge is 2.25. The zero-order chi connectivity index (χ0) is 19.2. The van der Waals surface area contributed by atoms with E-state index < -0.39 is 0 Å². The van der Waals surface area contributed by atoms with Crippen LogP contribution in [-0.4, -0.2) is 41.6 Å². The number of hydrogen-bond acceptors (Lipinski definition) is 4. The van der Waals surface area contributed by atoms with Crippen molar-refractivity contribution in [1.29, 1.82) is 0 Å². The minimum Gasteiger partial charge on any atom is -0.462 e. The van der Waals surface area contributed by atoms with E-state index in [0.717, 1.165) is 29.8 Å². The SMILES string of the molecule is CCOC(=O)c1ccc(C2CCN(C(=O)Nc3ccc(C)cc3)CC2)nc1. The molecule has 0 saturated carbocycles. The van der Waals surface area contributed by atoms with E-state index in [4.69, 9.17) is 4.74 Å². The highest BCUT2D eigenvalue weighted by Crippen LogP contribution is 2.27. The maximum Gasteiger partial charge on any atom is 0.339 e. The third-order valence-corrected chi connectivity index (χ3v) is 4.80. The molecule has 1 aliphatic heterocycles. The number of benzene rings is 1. The van der Waals surface area contributed by atoms with Gasteiger partial charge in [0, 0.05) is 36.6 Å². The van der Waals surface area contributed by atoms with Crippen molar-refractivity contribution in [2.75, 3.05) is 25.0 Å². The molecule has 1 aromatic heterocycles. The van der Waals surface area contributed by atoms with Gasteiger partial charge in [-0.3, -0.25) is 4.98 Å².